The average molecular weight is 243 g/mol. The van der Waals surface area contributed by atoms with E-state index in [0.29, 0.717) is 6.54 Å². The lowest BCUT2D eigenvalue weighted by molar-refractivity contribution is -0.128. The Morgan fingerprint density at radius 1 is 1.53 bits per heavy atom. The van der Waals surface area contributed by atoms with Crippen molar-refractivity contribution < 1.29 is 9.90 Å². The van der Waals surface area contributed by atoms with Gasteiger partial charge < -0.3 is 15.3 Å². The summed E-state index contributed by atoms with van der Waals surface area (Å²) in [6.45, 7) is 6.49. The quantitative estimate of drug-likeness (QED) is 0.699. The Kier molecular flexibility index (Phi) is 4.91. The van der Waals surface area contributed by atoms with Crippen LogP contribution in [0.4, 0.5) is 0 Å². The van der Waals surface area contributed by atoms with Crippen molar-refractivity contribution in [3.8, 4) is 0 Å². The molecule has 1 heterocycles. The van der Waals surface area contributed by atoms with Crippen LogP contribution in [-0.2, 0) is 4.79 Å². The van der Waals surface area contributed by atoms with Crippen LogP contribution in [0, 0.1) is 0 Å². The van der Waals surface area contributed by atoms with Crippen molar-refractivity contribution in [1.29, 1.82) is 0 Å². The minimum Gasteiger partial charge on any atom is -0.394 e. The van der Waals surface area contributed by atoms with Gasteiger partial charge in [0, 0.05) is 25.2 Å². The van der Waals surface area contributed by atoms with Crippen LogP contribution in [0.3, 0.4) is 0 Å². The van der Waals surface area contributed by atoms with Gasteiger partial charge in [0.2, 0.25) is 5.91 Å². The Labute approximate surface area is 104 Å². The van der Waals surface area contributed by atoms with Crippen molar-refractivity contribution in [3.05, 3.63) is 0 Å². The fourth-order valence-corrected chi connectivity index (χ4v) is 2.26. The molecule has 0 saturated carbocycles. The van der Waals surface area contributed by atoms with E-state index in [4.69, 9.17) is 0 Å². The maximum atomic E-state index is 11.9. The van der Waals surface area contributed by atoms with E-state index in [2.05, 4.69) is 29.0 Å². The monoisotopic (exact) mass is 243 g/mol. The number of nitrogens with zero attached hydrogens (tertiary/aromatic N) is 2. The standard InChI is InChI=1S/C12H25N3O2/c1-12(2)5-6-13-11(17)10(9-16)15(12)8-7-14(3)4/h10,16H,5-9H2,1-4H3,(H,13,17). The topological polar surface area (TPSA) is 55.8 Å². The number of aliphatic hydroxyl groups is 1. The molecule has 0 spiro atoms. The van der Waals surface area contributed by atoms with E-state index in [1.807, 2.05) is 14.1 Å². The number of amides is 1. The number of likely N-dealkylation sites (N-methyl/N-ethyl adjacent to an activating group) is 1. The fourth-order valence-electron chi connectivity index (χ4n) is 2.26. The van der Waals surface area contributed by atoms with Crippen LogP contribution in [-0.4, -0.2) is 72.7 Å². The lowest BCUT2D eigenvalue weighted by Gasteiger charge is -2.40. The minimum absolute atomic E-state index is 0.0585. The SMILES string of the molecule is CN(C)CCN1C(CO)C(=O)NCCC1(C)C. The van der Waals surface area contributed by atoms with Crippen molar-refractivity contribution >= 4 is 5.91 Å². The molecule has 1 atom stereocenters. The average Bonchev–Trinajstić information content (AvgIpc) is 2.32. The normalized spacial score (nSPS) is 25.8. The number of hydrogen-bond acceptors (Lipinski definition) is 4. The summed E-state index contributed by atoms with van der Waals surface area (Å²) in [4.78, 5) is 16.1. The summed E-state index contributed by atoms with van der Waals surface area (Å²) in [5.41, 5.74) is -0.0669. The summed E-state index contributed by atoms with van der Waals surface area (Å²) in [7, 11) is 4.03. The number of aliphatic hydroxyl groups excluding tert-OH is 1. The Morgan fingerprint density at radius 3 is 2.71 bits per heavy atom. The first-order valence-electron chi connectivity index (χ1n) is 6.18. The summed E-state index contributed by atoms with van der Waals surface area (Å²) in [5, 5.41) is 12.3. The highest BCUT2D eigenvalue weighted by Gasteiger charge is 2.38. The molecule has 1 aliphatic heterocycles. The van der Waals surface area contributed by atoms with E-state index in [-0.39, 0.29) is 18.1 Å². The van der Waals surface area contributed by atoms with Crippen LogP contribution in [0.1, 0.15) is 20.3 Å². The van der Waals surface area contributed by atoms with Gasteiger partial charge in [-0.3, -0.25) is 9.69 Å². The molecule has 100 valence electrons. The molecule has 17 heavy (non-hydrogen) atoms. The predicted molar refractivity (Wildman–Crippen MR) is 67.8 cm³/mol. The first kappa shape index (κ1) is 14.4. The molecule has 1 fully saturated rings. The zero-order valence-electron chi connectivity index (χ0n) is 11.4. The van der Waals surface area contributed by atoms with Gasteiger partial charge in [-0.05, 0) is 34.4 Å². The Morgan fingerprint density at radius 2 is 2.18 bits per heavy atom. The molecular formula is C12H25N3O2. The highest BCUT2D eigenvalue weighted by Crippen LogP contribution is 2.23. The smallest absolute Gasteiger partial charge is 0.239 e. The van der Waals surface area contributed by atoms with Crippen LogP contribution in [0.2, 0.25) is 0 Å². The Balaban J connectivity index is 2.83. The van der Waals surface area contributed by atoms with E-state index >= 15 is 0 Å². The molecule has 1 aliphatic rings. The third-order valence-electron chi connectivity index (χ3n) is 3.45. The Hall–Kier alpha value is -0.650. The van der Waals surface area contributed by atoms with Gasteiger partial charge in [-0.15, -0.1) is 0 Å². The number of carbonyl (C=O) groups excluding carboxylic acids is 1. The second kappa shape index (κ2) is 5.80. The highest BCUT2D eigenvalue weighted by atomic mass is 16.3. The van der Waals surface area contributed by atoms with Crippen molar-refractivity contribution in [2.75, 3.05) is 40.3 Å². The first-order valence-corrected chi connectivity index (χ1v) is 6.18. The molecule has 0 aromatic heterocycles. The van der Waals surface area contributed by atoms with Crippen LogP contribution in [0.15, 0.2) is 0 Å². The van der Waals surface area contributed by atoms with Gasteiger partial charge in [0.05, 0.1) is 6.61 Å². The summed E-state index contributed by atoms with van der Waals surface area (Å²) in [6.07, 6.45) is 0.905. The van der Waals surface area contributed by atoms with Gasteiger partial charge in [-0.2, -0.15) is 0 Å². The van der Waals surface area contributed by atoms with Crippen LogP contribution in [0.5, 0.6) is 0 Å². The summed E-state index contributed by atoms with van der Waals surface area (Å²) in [6, 6.07) is -0.424. The molecule has 0 aliphatic carbocycles. The number of hydrogen-bond donors (Lipinski definition) is 2. The molecule has 5 nitrogen and oxygen atoms in total. The van der Waals surface area contributed by atoms with Crippen molar-refractivity contribution in [3.63, 3.8) is 0 Å². The summed E-state index contributed by atoms with van der Waals surface area (Å²) < 4.78 is 0. The van der Waals surface area contributed by atoms with Crippen LogP contribution in [0.25, 0.3) is 0 Å². The second-order valence-corrected chi connectivity index (χ2v) is 5.55. The van der Waals surface area contributed by atoms with Gasteiger partial charge >= 0.3 is 0 Å². The maximum Gasteiger partial charge on any atom is 0.239 e. The summed E-state index contributed by atoms with van der Waals surface area (Å²) in [5.74, 6) is -0.0585. The second-order valence-electron chi connectivity index (χ2n) is 5.55. The fraction of sp³-hybridized carbons (Fsp3) is 0.917. The first-order chi connectivity index (χ1) is 7.88. The van der Waals surface area contributed by atoms with Gasteiger partial charge in [-0.25, -0.2) is 0 Å². The van der Waals surface area contributed by atoms with E-state index in [1.165, 1.54) is 0 Å². The molecule has 5 heteroatoms. The van der Waals surface area contributed by atoms with E-state index in [9.17, 15) is 9.90 Å². The van der Waals surface area contributed by atoms with Gasteiger partial charge in [0.1, 0.15) is 6.04 Å². The van der Waals surface area contributed by atoms with Gasteiger partial charge in [-0.1, -0.05) is 0 Å². The van der Waals surface area contributed by atoms with Gasteiger partial charge in [0.25, 0.3) is 0 Å². The Bertz CT molecular complexity index is 266. The van der Waals surface area contributed by atoms with E-state index in [1.54, 1.807) is 0 Å². The molecule has 1 unspecified atom stereocenters. The molecule has 0 radical (unpaired) electrons. The van der Waals surface area contributed by atoms with E-state index < -0.39 is 6.04 Å². The molecule has 0 aromatic carbocycles. The third kappa shape index (κ3) is 3.66. The summed E-state index contributed by atoms with van der Waals surface area (Å²) >= 11 is 0. The predicted octanol–water partition coefficient (Wildman–Crippen LogP) is -0.491. The number of nitrogens with one attached hydrogen (secondary N) is 1. The van der Waals surface area contributed by atoms with Crippen LogP contribution >= 0.6 is 0 Å². The molecular weight excluding hydrogens is 218 g/mol. The molecule has 1 amide bonds. The molecule has 0 aromatic rings. The van der Waals surface area contributed by atoms with Crippen LogP contribution < -0.4 is 5.32 Å². The molecule has 1 saturated heterocycles. The molecule has 0 bridgehead atoms. The van der Waals surface area contributed by atoms with Crippen molar-refractivity contribution in [2.24, 2.45) is 0 Å². The highest BCUT2D eigenvalue weighted by molar-refractivity contribution is 5.82. The van der Waals surface area contributed by atoms with Crippen molar-refractivity contribution in [2.45, 2.75) is 31.8 Å². The number of rotatable bonds is 4. The zero-order chi connectivity index (χ0) is 13.1. The minimum atomic E-state index is -0.424. The maximum absolute atomic E-state index is 11.9. The lowest BCUT2D eigenvalue weighted by Crippen LogP contribution is -2.55. The largest absolute Gasteiger partial charge is 0.394 e. The van der Waals surface area contributed by atoms with E-state index in [0.717, 1.165) is 19.5 Å². The third-order valence-corrected chi connectivity index (χ3v) is 3.45. The molecule has 1 rings (SSSR count). The number of carbonyl (C=O) groups is 1. The molecule has 2 N–H and O–H groups in total. The zero-order valence-corrected chi connectivity index (χ0v) is 11.4. The lowest BCUT2D eigenvalue weighted by atomic mass is 9.97. The van der Waals surface area contributed by atoms with Crippen molar-refractivity contribution in [1.82, 2.24) is 15.1 Å². The van der Waals surface area contributed by atoms with Gasteiger partial charge in [0.15, 0.2) is 0 Å².